The Labute approximate surface area is 56.4 Å². The van der Waals surface area contributed by atoms with Crippen molar-refractivity contribution in [1.29, 1.82) is 0 Å². The van der Waals surface area contributed by atoms with E-state index in [9.17, 15) is 0 Å². The minimum absolute atomic E-state index is 0.276. The van der Waals surface area contributed by atoms with Gasteiger partial charge in [0.15, 0.2) is 0 Å². The predicted molar refractivity (Wildman–Crippen MR) is 40.5 cm³/mol. The van der Waals surface area contributed by atoms with E-state index in [-0.39, 0.29) is 15.4 Å². The Morgan fingerprint density at radius 1 is 1.12 bits per heavy atom. The van der Waals surface area contributed by atoms with Gasteiger partial charge in [0.2, 0.25) is 0 Å². The van der Waals surface area contributed by atoms with Crippen LogP contribution in [0.1, 0.15) is 0 Å². The molecule has 0 saturated heterocycles. The Balaban J connectivity index is 2.83. The second-order valence-corrected chi connectivity index (χ2v) is 5.04. The Kier molecular flexibility index (Phi) is 2.15. The zero-order valence-corrected chi connectivity index (χ0v) is 8.06. The normalized spacial score (nSPS) is 10.6. The van der Waals surface area contributed by atoms with Gasteiger partial charge in [-0.25, -0.2) is 0 Å². The molecule has 0 nitrogen and oxygen atoms in total. The van der Waals surface area contributed by atoms with Crippen LogP contribution in [0.2, 0.25) is 5.76 Å². The monoisotopic (exact) mass is 168 g/mol. The average Bonchev–Trinajstić information content (AvgIpc) is 1.90. The van der Waals surface area contributed by atoms with Gasteiger partial charge in [-0.1, -0.05) is 0 Å². The first kappa shape index (κ1) is 5.89. The molecular weight excluding hydrogens is 157 g/mol. The Bertz CT molecular complexity index is 146. The first-order chi connectivity index (χ1) is 3.93. The third-order valence-electron chi connectivity index (χ3n) is 1.25. The first-order valence-corrected chi connectivity index (χ1v) is 7.42. The van der Waals surface area contributed by atoms with Crippen LogP contribution in [0.15, 0.2) is 30.3 Å². The molecule has 0 unspecified atom stereocenters. The molecule has 1 rings (SSSR count). The van der Waals surface area contributed by atoms with Crippen LogP contribution in [0.5, 0.6) is 0 Å². The molecule has 0 bridgehead atoms. The fraction of sp³-hybridized carbons (Fsp3) is 0.143. The van der Waals surface area contributed by atoms with Crippen LogP contribution in [0, 0.1) is 0 Å². The number of hydrogen-bond donors (Lipinski definition) is 0. The Morgan fingerprint density at radius 2 is 1.75 bits per heavy atom. The summed E-state index contributed by atoms with van der Waals surface area (Å²) in [5, 5.41) is 0. The first-order valence-electron chi connectivity index (χ1n) is 2.97. The minimum atomic E-state index is -0.276. The fourth-order valence-electron chi connectivity index (χ4n) is 0.714. The van der Waals surface area contributed by atoms with Crippen LogP contribution in [0.4, 0.5) is 0 Å². The summed E-state index contributed by atoms with van der Waals surface area (Å²) in [6.07, 6.45) is 0. The van der Waals surface area contributed by atoms with Crippen LogP contribution < -0.4 is 4.40 Å². The molecule has 0 saturated carbocycles. The van der Waals surface area contributed by atoms with E-state index in [2.05, 4.69) is 36.1 Å². The van der Waals surface area contributed by atoms with E-state index >= 15 is 0 Å². The summed E-state index contributed by atoms with van der Waals surface area (Å²) in [6.45, 7) is 0. The van der Waals surface area contributed by atoms with Crippen molar-refractivity contribution in [3.05, 3.63) is 30.3 Å². The molecule has 0 N–H and O–H groups in total. The molecule has 1 aromatic carbocycles. The van der Waals surface area contributed by atoms with E-state index < -0.39 is 0 Å². The third-order valence-corrected chi connectivity index (χ3v) is 3.95. The molecule has 0 amide bonds. The van der Waals surface area contributed by atoms with E-state index in [1.54, 1.807) is 4.40 Å². The van der Waals surface area contributed by atoms with Gasteiger partial charge in [-0.05, 0) is 0 Å². The van der Waals surface area contributed by atoms with Gasteiger partial charge < -0.3 is 0 Å². The maximum atomic E-state index is 2.35. The third kappa shape index (κ3) is 1.37. The van der Waals surface area contributed by atoms with E-state index in [1.165, 1.54) is 0 Å². The van der Waals surface area contributed by atoms with Gasteiger partial charge in [0.1, 0.15) is 0 Å². The van der Waals surface area contributed by atoms with Crippen LogP contribution in [0.25, 0.3) is 0 Å². The summed E-state index contributed by atoms with van der Waals surface area (Å²) in [4.78, 5) is 0. The molecule has 0 aromatic heterocycles. The van der Waals surface area contributed by atoms with E-state index in [0.717, 1.165) is 0 Å². The van der Waals surface area contributed by atoms with Crippen molar-refractivity contribution in [2.45, 2.75) is 5.76 Å². The van der Waals surface area contributed by atoms with E-state index in [4.69, 9.17) is 0 Å². The standard InChI is InChI=1S/C7H10Ge/c1-8-7-5-3-2-4-6-7/h2-6H,8H2,1H3. The van der Waals surface area contributed by atoms with E-state index in [1.807, 2.05) is 0 Å². The maximum absolute atomic E-state index is 2.35. The van der Waals surface area contributed by atoms with Crippen molar-refractivity contribution < 1.29 is 0 Å². The van der Waals surface area contributed by atoms with Crippen molar-refractivity contribution in [2.24, 2.45) is 0 Å². The molecule has 0 aliphatic heterocycles. The molecule has 0 spiro atoms. The molecule has 0 aliphatic carbocycles. The number of benzene rings is 1. The molecule has 0 fully saturated rings. The van der Waals surface area contributed by atoms with Gasteiger partial charge in [0.05, 0.1) is 0 Å². The Hall–Kier alpha value is -0.237. The van der Waals surface area contributed by atoms with Crippen molar-refractivity contribution in [1.82, 2.24) is 0 Å². The zero-order valence-electron chi connectivity index (χ0n) is 5.09. The summed E-state index contributed by atoms with van der Waals surface area (Å²) in [7, 11) is 0. The molecule has 1 aromatic rings. The molecule has 42 valence electrons. The summed E-state index contributed by atoms with van der Waals surface area (Å²) in [6, 6.07) is 10.7. The summed E-state index contributed by atoms with van der Waals surface area (Å²) < 4.78 is 1.60. The molecule has 8 heavy (non-hydrogen) atoms. The van der Waals surface area contributed by atoms with Gasteiger partial charge >= 0.3 is 55.9 Å². The summed E-state index contributed by atoms with van der Waals surface area (Å²) in [5.41, 5.74) is 0. The van der Waals surface area contributed by atoms with E-state index in [0.29, 0.717) is 0 Å². The van der Waals surface area contributed by atoms with Crippen molar-refractivity contribution in [3.63, 3.8) is 0 Å². The topological polar surface area (TPSA) is 0 Å². The SMILES string of the molecule is [CH3][GeH2][c]1ccccc1. The van der Waals surface area contributed by atoms with Gasteiger partial charge in [-0.15, -0.1) is 0 Å². The van der Waals surface area contributed by atoms with Gasteiger partial charge in [0, 0.05) is 0 Å². The molecule has 0 aliphatic rings. The van der Waals surface area contributed by atoms with Gasteiger partial charge in [-0.3, -0.25) is 0 Å². The van der Waals surface area contributed by atoms with Crippen LogP contribution in [-0.4, -0.2) is 15.4 Å². The predicted octanol–water partition coefficient (Wildman–Crippen LogP) is 0.529. The second kappa shape index (κ2) is 2.92. The van der Waals surface area contributed by atoms with Gasteiger partial charge in [-0.2, -0.15) is 0 Å². The molecule has 0 radical (unpaired) electrons. The van der Waals surface area contributed by atoms with Crippen molar-refractivity contribution in [3.8, 4) is 0 Å². The molecule has 1 heteroatoms. The number of hydrogen-bond acceptors (Lipinski definition) is 0. The van der Waals surface area contributed by atoms with Crippen LogP contribution in [-0.2, 0) is 0 Å². The fourth-order valence-corrected chi connectivity index (χ4v) is 2.27. The van der Waals surface area contributed by atoms with Crippen molar-refractivity contribution >= 4 is 19.8 Å². The quantitative estimate of drug-likeness (QED) is 0.535. The molecular formula is C7H10Ge. The summed E-state index contributed by atoms with van der Waals surface area (Å²) in [5.74, 6) is 2.35. The number of rotatable bonds is 1. The Morgan fingerprint density at radius 3 is 2.12 bits per heavy atom. The van der Waals surface area contributed by atoms with Crippen LogP contribution >= 0.6 is 0 Å². The summed E-state index contributed by atoms with van der Waals surface area (Å²) >= 11 is -0.276. The van der Waals surface area contributed by atoms with Crippen LogP contribution in [0.3, 0.4) is 0 Å². The second-order valence-electron chi connectivity index (χ2n) is 1.84. The van der Waals surface area contributed by atoms with Gasteiger partial charge in [0.25, 0.3) is 0 Å². The molecule has 0 atom stereocenters. The average molecular weight is 167 g/mol. The zero-order chi connectivity index (χ0) is 5.82. The molecule has 0 heterocycles. The van der Waals surface area contributed by atoms with Crippen molar-refractivity contribution in [2.75, 3.05) is 0 Å².